The van der Waals surface area contributed by atoms with E-state index in [4.69, 9.17) is 0 Å². The molecule has 0 unspecified atom stereocenters. The summed E-state index contributed by atoms with van der Waals surface area (Å²) in [5.74, 6) is 0.811. The fourth-order valence-electron chi connectivity index (χ4n) is 2.45. The quantitative estimate of drug-likeness (QED) is 0.876. The van der Waals surface area contributed by atoms with E-state index in [0.29, 0.717) is 5.70 Å². The molecule has 0 saturated heterocycles. The van der Waals surface area contributed by atoms with Crippen LogP contribution in [0.4, 0.5) is 0 Å². The minimum Gasteiger partial charge on any atom is -0.346 e. The molecule has 1 aliphatic rings. The van der Waals surface area contributed by atoms with Crippen molar-refractivity contribution >= 4 is 28.9 Å². The van der Waals surface area contributed by atoms with E-state index in [1.807, 2.05) is 24.4 Å². The first kappa shape index (κ1) is 13.5. The van der Waals surface area contributed by atoms with Crippen molar-refractivity contribution in [3.05, 3.63) is 35.8 Å². The van der Waals surface area contributed by atoms with Crippen LogP contribution < -0.4 is 0 Å². The average molecular weight is 282 g/mol. The maximum absolute atomic E-state index is 12.3. The molecule has 0 bridgehead atoms. The zero-order chi connectivity index (χ0) is 14.8. The molecule has 3 rings (SSSR count). The maximum atomic E-state index is 12.3. The van der Waals surface area contributed by atoms with Gasteiger partial charge in [-0.3, -0.25) is 9.69 Å². The van der Waals surface area contributed by atoms with Crippen LogP contribution in [0, 0.1) is 0 Å². The number of fused-ring (bicyclic) bond motifs is 1. The van der Waals surface area contributed by atoms with Gasteiger partial charge in [-0.25, -0.2) is 9.98 Å². The zero-order valence-corrected chi connectivity index (χ0v) is 12.3. The molecular weight excluding hydrogens is 264 g/mol. The summed E-state index contributed by atoms with van der Waals surface area (Å²) in [5.41, 5.74) is 2.25. The highest BCUT2D eigenvalue weighted by Gasteiger charge is 2.26. The Morgan fingerprint density at radius 2 is 2.29 bits per heavy atom. The van der Waals surface area contributed by atoms with Gasteiger partial charge in [0.1, 0.15) is 17.2 Å². The van der Waals surface area contributed by atoms with Gasteiger partial charge in [-0.05, 0) is 24.6 Å². The van der Waals surface area contributed by atoms with Gasteiger partial charge < -0.3 is 4.98 Å². The zero-order valence-electron chi connectivity index (χ0n) is 12.3. The highest BCUT2D eigenvalue weighted by atomic mass is 16.2. The van der Waals surface area contributed by atoms with Gasteiger partial charge in [-0.1, -0.05) is 13.3 Å². The number of nitrogens with zero attached hydrogens (tertiary/aromatic N) is 3. The predicted octanol–water partition coefficient (Wildman–Crippen LogP) is 2.96. The largest absolute Gasteiger partial charge is 0.346 e. The van der Waals surface area contributed by atoms with Crippen molar-refractivity contribution in [3.63, 3.8) is 0 Å². The SMILES string of the molecule is CCCCC1=NC(=Cc2c[nH]c3ncccc23)C(=O)N1C. The molecule has 2 aromatic heterocycles. The lowest BCUT2D eigenvalue weighted by atomic mass is 10.2. The lowest BCUT2D eigenvalue weighted by Crippen LogP contribution is -2.27. The monoisotopic (exact) mass is 282 g/mol. The van der Waals surface area contributed by atoms with Crippen molar-refractivity contribution in [1.29, 1.82) is 0 Å². The van der Waals surface area contributed by atoms with E-state index in [-0.39, 0.29) is 5.91 Å². The van der Waals surface area contributed by atoms with Gasteiger partial charge in [0.15, 0.2) is 0 Å². The van der Waals surface area contributed by atoms with Crippen LogP contribution in [0.3, 0.4) is 0 Å². The molecule has 1 N–H and O–H groups in total. The highest BCUT2D eigenvalue weighted by molar-refractivity contribution is 6.14. The van der Waals surface area contributed by atoms with Crippen molar-refractivity contribution in [3.8, 4) is 0 Å². The van der Waals surface area contributed by atoms with E-state index in [1.54, 1.807) is 18.1 Å². The summed E-state index contributed by atoms with van der Waals surface area (Å²) < 4.78 is 0. The second-order valence-electron chi connectivity index (χ2n) is 5.17. The van der Waals surface area contributed by atoms with Crippen LogP contribution in [0.2, 0.25) is 0 Å². The number of amides is 1. The van der Waals surface area contributed by atoms with Gasteiger partial charge in [0.25, 0.3) is 5.91 Å². The number of hydrogen-bond acceptors (Lipinski definition) is 3. The second kappa shape index (κ2) is 5.52. The Balaban J connectivity index is 1.95. The Morgan fingerprint density at radius 1 is 1.43 bits per heavy atom. The topological polar surface area (TPSA) is 61.4 Å². The van der Waals surface area contributed by atoms with E-state index in [1.165, 1.54) is 0 Å². The first-order valence-electron chi connectivity index (χ1n) is 7.20. The van der Waals surface area contributed by atoms with Crippen molar-refractivity contribution in [2.24, 2.45) is 4.99 Å². The molecular formula is C16H18N4O. The molecule has 0 fully saturated rings. The molecule has 0 aliphatic carbocycles. The molecule has 3 heterocycles. The number of amidine groups is 1. The van der Waals surface area contributed by atoms with Crippen molar-refractivity contribution < 1.29 is 4.79 Å². The van der Waals surface area contributed by atoms with Gasteiger partial charge in [0.05, 0.1) is 0 Å². The predicted molar refractivity (Wildman–Crippen MR) is 83.8 cm³/mol. The number of pyridine rings is 1. The van der Waals surface area contributed by atoms with Gasteiger partial charge in [0.2, 0.25) is 0 Å². The number of nitrogens with one attached hydrogen (secondary N) is 1. The number of aromatic amines is 1. The summed E-state index contributed by atoms with van der Waals surface area (Å²) in [5, 5.41) is 0.998. The summed E-state index contributed by atoms with van der Waals surface area (Å²) in [6, 6.07) is 3.87. The van der Waals surface area contributed by atoms with E-state index >= 15 is 0 Å². The highest BCUT2D eigenvalue weighted by Crippen LogP contribution is 2.23. The Morgan fingerprint density at radius 3 is 3.10 bits per heavy atom. The molecule has 1 aliphatic heterocycles. The number of H-pyrrole nitrogens is 1. The number of unbranched alkanes of at least 4 members (excludes halogenated alkanes) is 1. The molecule has 2 aromatic rings. The van der Waals surface area contributed by atoms with Crippen LogP contribution in [-0.4, -0.2) is 33.7 Å². The number of likely N-dealkylation sites (N-methyl/N-ethyl adjacent to an activating group) is 1. The molecule has 5 heteroatoms. The van der Waals surface area contributed by atoms with Gasteiger partial charge in [0, 0.05) is 36.8 Å². The van der Waals surface area contributed by atoms with Crippen molar-refractivity contribution in [2.75, 3.05) is 7.05 Å². The minimum atomic E-state index is -0.0423. The molecule has 1 amide bonds. The van der Waals surface area contributed by atoms with Crippen LogP contribution in [-0.2, 0) is 4.79 Å². The summed E-state index contributed by atoms with van der Waals surface area (Å²) in [4.78, 5) is 25.7. The lowest BCUT2D eigenvalue weighted by molar-refractivity contribution is -0.121. The second-order valence-corrected chi connectivity index (χ2v) is 5.17. The molecule has 0 radical (unpaired) electrons. The molecule has 0 saturated carbocycles. The Hall–Kier alpha value is -2.43. The van der Waals surface area contributed by atoms with E-state index in [0.717, 1.165) is 41.7 Å². The number of aliphatic imine (C=N–C) groups is 1. The maximum Gasteiger partial charge on any atom is 0.277 e. The third-order valence-corrected chi connectivity index (χ3v) is 3.69. The smallest absolute Gasteiger partial charge is 0.277 e. The fourth-order valence-corrected chi connectivity index (χ4v) is 2.45. The molecule has 5 nitrogen and oxygen atoms in total. The average Bonchev–Trinajstić information content (AvgIpc) is 3.02. The summed E-state index contributed by atoms with van der Waals surface area (Å²) in [7, 11) is 1.79. The third kappa shape index (κ3) is 2.46. The number of carbonyl (C=O) groups is 1. The van der Waals surface area contributed by atoms with Crippen LogP contribution in [0.25, 0.3) is 17.1 Å². The minimum absolute atomic E-state index is 0.0423. The normalized spacial score (nSPS) is 17.0. The molecule has 21 heavy (non-hydrogen) atoms. The van der Waals surface area contributed by atoms with E-state index < -0.39 is 0 Å². The standard InChI is InChI=1S/C16H18N4O/c1-3-4-7-14-19-13(16(21)20(14)2)9-11-10-18-15-12(11)6-5-8-17-15/h5-6,8-10H,3-4,7H2,1-2H3,(H,17,18). The van der Waals surface area contributed by atoms with Crippen LogP contribution in [0.15, 0.2) is 35.2 Å². The fraction of sp³-hybridized carbons (Fsp3) is 0.312. The lowest BCUT2D eigenvalue weighted by Gasteiger charge is -2.10. The van der Waals surface area contributed by atoms with Gasteiger partial charge in [-0.2, -0.15) is 0 Å². The van der Waals surface area contributed by atoms with E-state index in [9.17, 15) is 4.79 Å². The van der Waals surface area contributed by atoms with Crippen LogP contribution in [0.1, 0.15) is 31.7 Å². The molecule has 0 aromatic carbocycles. The molecule has 0 spiro atoms. The first-order chi connectivity index (χ1) is 10.2. The van der Waals surface area contributed by atoms with Crippen molar-refractivity contribution in [1.82, 2.24) is 14.9 Å². The Kier molecular flexibility index (Phi) is 3.56. The third-order valence-electron chi connectivity index (χ3n) is 3.69. The van der Waals surface area contributed by atoms with Gasteiger partial charge in [-0.15, -0.1) is 0 Å². The number of aromatic nitrogens is 2. The summed E-state index contributed by atoms with van der Waals surface area (Å²) in [6.07, 6.45) is 8.40. The van der Waals surface area contributed by atoms with Crippen molar-refractivity contribution in [2.45, 2.75) is 26.2 Å². The Bertz CT molecular complexity index is 742. The number of carbonyl (C=O) groups excluding carboxylic acids is 1. The first-order valence-corrected chi connectivity index (χ1v) is 7.20. The van der Waals surface area contributed by atoms with E-state index in [2.05, 4.69) is 21.9 Å². The summed E-state index contributed by atoms with van der Waals surface area (Å²) in [6.45, 7) is 2.13. The van der Waals surface area contributed by atoms with Crippen LogP contribution >= 0.6 is 0 Å². The molecule has 0 atom stereocenters. The number of rotatable bonds is 4. The molecule has 108 valence electrons. The number of hydrogen-bond donors (Lipinski definition) is 1. The Labute approximate surface area is 123 Å². The van der Waals surface area contributed by atoms with Crippen LogP contribution in [0.5, 0.6) is 0 Å². The van der Waals surface area contributed by atoms with Gasteiger partial charge >= 0.3 is 0 Å². The summed E-state index contributed by atoms with van der Waals surface area (Å²) >= 11 is 0.